The number of aliphatic carboxylic acids is 1. The van der Waals surface area contributed by atoms with E-state index in [1.807, 2.05) is 25.1 Å². The number of hydrogen-bond donors (Lipinski definition) is 2. The summed E-state index contributed by atoms with van der Waals surface area (Å²) in [6.07, 6.45) is 7.04. The number of carbonyl (C=O) groups excluding carboxylic acids is 1. The lowest BCUT2D eigenvalue weighted by molar-refractivity contribution is -0.132. The van der Waals surface area contributed by atoms with E-state index in [1.165, 1.54) is 12.2 Å². The van der Waals surface area contributed by atoms with Crippen molar-refractivity contribution in [1.29, 1.82) is 0 Å². The summed E-state index contributed by atoms with van der Waals surface area (Å²) in [5.41, 5.74) is 0.689. The number of aldehydes is 1. The lowest BCUT2D eigenvalue weighted by atomic mass is 10.2. The fourth-order valence-corrected chi connectivity index (χ4v) is 0.683. The molecule has 0 spiro atoms. The number of carbonyl (C=O) groups is 2. The van der Waals surface area contributed by atoms with Crippen LogP contribution in [0.2, 0.25) is 0 Å². The van der Waals surface area contributed by atoms with Gasteiger partial charge in [-0.1, -0.05) is 19.2 Å². The standard InChI is InChI=1S/C8H11NO2.C6H11NO/c1-6(8(10)11)4-5-7(2)9-3;1-7(2)5-3-4-6-8/h4-5,9H,1-2H2,3H3,(H,10,11);3-4,6H,5H2,1-2H3/b5-4-;4-3+. The molecular formula is C14H22N2O3. The van der Waals surface area contributed by atoms with Gasteiger partial charge in [-0.3, -0.25) is 4.79 Å². The Bertz CT molecular complexity index is 369. The molecule has 5 nitrogen and oxygen atoms in total. The molecule has 0 aliphatic carbocycles. The van der Waals surface area contributed by atoms with E-state index in [9.17, 15) is 9.59 Å². The summed E-state index contributed by atoms with van der Waals surface area (Å²) >= 11 is 0. The summed E-state index contributed by atoms with van der Waals surface area (Å²) in [4.78, 5) is 21.9. The van der Waals surface area contributed by atoms with Crippen LogP contribution >= 0.6 is 0 Å². The lowest BCUT2D eigenvalue weighted by Crippen LogP contribution is -2.10. The molecule has 0 unspecified atom stereocenters. The van der Waals surface area contributed by atoms with Gasteiger partial charge in [-0.25, -0.2) is 4.79 Å². The highest BCUT2D eigenvalue weighted by Crippen LogP contribution is 1.94. The van der Waals surface area contributed by atoms with Crippen LogP contribution in [0.3, 0.4) is 0 Å². The zero-order valence-corrected chi connectivity index (χ0v) is 11.7. The van der Waals surface area contributed by atoms with Gasteiger partial charge in [-0.15, -0.1) is 0 Å². The molecule has 106 valence electrons. The van der Waals surface area contributed by atoms with E-state index >= 15 is 0 Å². The third-order valence-electron chi connectivity index (χ3n) is 1.77. The van der Waals surface area contributed by atoms with Crippen molar-refractivity contribution in [3.63, 3.8) is 0 Å². The number of carboxylic acids is 1. The minimum atomic E-state index is -1.02. The van der Waals surface area contributed by atoms with Crippen LogP contribution < -0.4 is 5.32 Å². The fourth-order valence-electron chi connectivity index (χ4n) is 0.683. The first-order valence-corrected chi connectivity index (χ1v) is 5.57. The Morgan fingerprint density at radius 2 is 1.89 bits per heavy atom. The molecule has 0 aromatic heterocycles. The topological polar surface area (TPSA) is 69.6 Å². The van der Waals surface area contributed by atoms with Crippen LogP contribution in [0.5, 0.6) is 0 Å². The molecule has 0 aliphatic rings. The Balaban J connectivity index is 0. The molecule has 0 radical (unpaired) electrons. The smallest absolute Gasteiger partial charge is 0.335 e. The van der Waals surface area contributed by atoms with Crippen LogP contribution in [-0.4, -0.2) is 49.9 Å². The van der Waals surface area contributed by atoms with Gasteiger partial charge in [-0.05, 0) is 32.3 Å². The van der Waals surface area contributed by atoms with Gasteiger partial charge in [0.25, 0.3) is 0 Å². The van der Waals surface area contributed by atoms with Crippen molar-refractivity contribution in [2.24, 2.45) is 0 Å². The molecule has 0 aromatic rings. The number of allylic oxidation sites excluding steroid dienone is 2. The van der Waals surface area contributed by atoms with Crippen molar-refractivity contribution in [2.75, 3.05) is 27.7 Å². The second-order valence-corrected chi connectivity index (χ2v) is 3.77. The molecule has 0 rings (SSSR count). The summed E-state index contributed by atoms with van der Waals surface area (Å²) < 4.78 is 0. The highest BCUT2D eigenvalue weighted by molar-refractivity contribution is 5.89. The lowest BCUT2D eigenvalue weighted by Gasteiger charge is -2.01. The Labute approximate surface area is 114 Å². The van der Waals surface area contributed by atoms with Crippen molar-refractivity contribution in [3.8, 4) is 0 Å². The van der Waals surface area contributed by atoms with Gasteiger partial charge in [0.05, 0.1) is 5.57 Å². The number of hydrogen-bond acceptors (Lipinski definition) is 4. The Hall–Kier alpha value is -2.14. The van der Waals surface area contributed by atoms with E-state index in [4.69, 9.17) is 5.11 Å². The first-order valence-electron chi connectivity index (χ1n) is 5.57. The van der Waals surface area contributed by atoms with Crippen molar-refractivity contribution in [1.82, 2.24) is 10.2 Å². The molecule has 0 fully saturated rings. The average molecular weight is 266 g/mol. The van der Waals surface area contributed by atoms with E-state index in [0.717, 1.165) is 12.8 Å². The van der Waals surface area contributed by atoms with E-state index in [2.05, 4.69) is 18.5 Å². The molecule has 2 N–H and O–H groups in total. The first kappa shape index (κ1) is 19.2. The second kappa shape index (κ2) is 12.3. The number of rotatable bonds is 7. The van der Waals surface area contributed by atoms with Gasteiger partial charge in [0.1, 0.15) is 6.29 Å². The Morgan fingerprint density at radius 1 is 1.32 bits per heavy atom. The van der Waals surface area contributed by atoms with Crippen LogP contribution in [0.1, 0.15) is 0 Å². The zero-order valence-electron chi connectivity index (χ0n) is 11.7. The first-order chi connectivity index (χ1) is 8.84. The summed E-state index contributed by atoms with van der Waals surface area (Å²) in [5.74, 6) is -1.02. The summed E-state index contributed by atoms with van der Waals surface area (Å²) in [5, 5.41) is 11.1. The maximum absolute atomic E-state index is 10.2. The fraction of sp³-hybridized carbons (Fsp3) is 0.286. The minimum Gasteiger partial charge on any atom is -0.478 e. The predicted molar refractivity (Wildman–Crippen MR) is 77.9 cm³/mol. The van der Waals surface area contributed by atoms with Crippen molar-refractivity contribution in [3.05, 3.63) is 48.7 Å². The molecule has 0 bridgehead atoms. The Morgan fingerprint density at radius 3 is 2.26 bits per heavy atom. The highest BCUT2D eigenvalue weighted by atomic mass is 16.4. The molecule has 5 heteroatoms. The Kier molecular flexibility index (Phi) is 12.5. The van der Waals surface area contributed by atoms with Gasteiger partial charge in [0, 0.05) is 19.3 Å². The SMILES string of the molecule is C=C(/C=C\C(=C)C(=O)O)NC.CN(C)C/C=C/C=O. The van der Waals surface area contributed by atoms with E-state index in [0.29, 0.717) is 5.70 Å². The van der Waals surface area contributed by atoms with Gasteiger partial charge in [0.2, 0.25) is 0 Å². The van der Waals surface area contributed by atoms with Gasteiger partial charge < -0.3 is 15.3 Å². The maximum Gasteiger partial charge on any atom is 0.335 e. The molecule has 0 saturated heterocycles. The monoisotopic (exact) mass is 266 g/mol. The van der Waals surface area contributed by atoms with Crippen molar-refractivity contribution in [2.45, 2.75) is 0 Å². The van der Waals surface area contributed by atoms with Crippen LogP contribution in [0, 0.1) is 0 Å². The number of likely N-dealkylation sites (N-methyl/N-ethyl adjacent to an activating group) is 2. The third-order valence-corrected chi connectivity index (χ3v) is 1.77. The summed E-state index contributed by atoms with van der Waals surface area (Å²) in [6.45, 7) is 7.71. The molecule has 0 atom stereocenters. The van der Waals surface area contributed by atoms with Crippen LogP contribution in [0.15, 0.2) is 48.7 Å². The zero-order chi connectivity index (χ0) is 15.3. The normalized spacial score (nSPS) is 10.1. The molecule has 0 aliphatic heterocycles. The molecule has 0 amide bonds. The van der Waals surface area contributed by atoms with Gasteiger partial charge in [0.15, 0.2) is 0 Å². The third kappa shape index (κ3) is 15.9. The van der Waals surface area contributed by atoms with E-state index in [1.54, 1.807) is 13.1 Å². The van der Waals surface area contributed by atoms with Crippen LogP contribution in [0.25, 0.3) is 0 Å². The van der Waals surface area contributed by atoms with Crippen LogP contribution in [-0.2, 0) is 9.59 Å². The molecule has 0 saturated carbocycles. The largest absolute Gasteiger partial charge is 0.478 e. The average Bonchev–Trinajstić information content (AvgIpc) is 2.36. The highest BCUT2D eigenvalue weighted by Gasteiger charge is 1.96. The van der Waals surface area contributed by atoms with Gasteiger partial charge >= 0.3 is 5.97 Å². The summed E-state index contributed by atoms with van der Waals surface area (Å²) in [7, 11) is 5.61. The van der Waals surface area contributed by atoms with Crippen LogP contribution in [0.4, 0.5) is 0 Å². The minimum absolute atomic E-state index is 0.0430. The number of nitrogens with zero attached hydrogens (tertiary/aromatic N) is 1. The van der Waals surface area contributed by atoms with E-state index in [-0.39, 0.29) is 5.57 Å². The van der Waals surface area contributed by atoms with Crippen molar-refractivity contribution < 1.29 is 14.7 Å². The molecule has 0 heterocycles. The van der Waals surface area contributed by atoms with Gasteiger partial charge in [-0.2, -0.15) is 0 Å². The van der Waals surface area contributed by atoms with E-state index < -0.39 is 5.97 Å². The number of carboxylic acid groups (broad SMARTS) is 1. The maximum atomic E-state index is 10.2. The number of nitrogens with one attached hydrogen (secondary N) is 1. The molecule has 0 aromatic carbocycles. The predicted octanol–water partition coefficient (Wildman–Crippen LogP) is 1.22. The molecule has 19 heavy (non-hydrogen) atoms. The second-order valence-electron chi connectivity index (χ2n) is 3.77. The van der Waals surface area contributed by atoms with Crippen molar-refractivity contribution >= 4 is 12.3 Å². The quantitative estimate of drug-likeness (QED) is 0.412. The summed E-state index contributed by atoms with van der Waals surface area (Å²) in [6, 6.07) is 0. The molecular weight excluding hydrogens is 244 g/mol.